The number of rotatable bonds is 8. The van der Waals surface area contributed by atoms with Gasteiger partial charge in [-0.3, -0.25) is 24.3 Å². The minimum absolute atomic E-state index is 0.104. The summed E-state index contributed by atoms with van der Waals surface area (Å²) in [7, 11) is 0. The van der Waals surface area contributed by atoms with Gasteiger partial charge in [0.25, 0.3) is 17.1 Å². The predicted octanol–water partition coefficient (Wildman–Crippen LogP) is 4.74. The largest absolute Gasteiger partial charge is 0.488 e. The van der Waals surface area contributed by atoms with Crippen LogP contribution in [0.3, 0.4) is 0 Å². The summed E-state index contributed by atoms with van der Waals surface area (Å²) in [6.45, 7) is 4.43. The maximum Gasteiger partial charge on any atom is 0.293 e. The fourth-order valence-electron chi connectivity index (χ4n) is 3.72. The lowest BCUT2D eigenvalue weighted by atomic mass is 10.0. The van der Waals surface area contributed by atoms with E-state index in [0.717, 1.165) is 44.7 Å². The van der Waals surface area contributed by atoms with Gasteiger partial charge in [-0.2, -0.15) is 0 Å². The molecule has 4 rings (SSSR count). The van der Waals surface area contributed by atoms with Gasteiger partial charge in [0.15, 0.2) is 0 Å². The van der Waals surface area contributed by atoms with Crippen molar-refractivity contribution in [3.05, 3.63) is 99.7 Å². The van der Waals surface area contributed by atoms with Crippen LogP contribution in [0.5, 0.6) is 5.75 Å². The minimum Gasteiger partial charge on any atom is -0.488 e. The SMILES string of the molecule is Cc1cc(C(=O)NCCN2C(=O)SC(=Cc3ccccc3)C2=O)cc(C)c1OCc1cccnc1. The second kappa shape index (κ2) is 11.0. The van der Waals surface area contributed by atoms with E-state index in [2.05, 4.69) is 10.3 Å². The van der Waals surface area contributed by atoms with E-state index in [9.17, 15) is 14.4 Å². The van der Waals surface area contributed by atoms with Crippen LogP contribution in [0.15, 0.2) is 71.9 Å². The van der Waals surface area contributed by atoms with Crippen molar-refractivity contribution in [2.45, 2.75) is 20.5 Å². The van der Waals surface area contributed by atoms with Crippen LogP contribution in [-0.2, 0) is 11.4 Å². The van der Waals surface area contributed by atoms with E-state index >= 15 is 0 Å². The number of ether oxygens (including phenoxy) is 1. The van der Waals surface area contributed by atoms with Crippen LogP contribution in [0.1, 0.15) is 32.6 Å². The Morgan fingerprint density at radius 1 is 1.09 bits per heavy atom. The first-order valence-corrected chi connectivity index (χ1v) is 12.0. The predicted molar refractivity (Wildman–Crippen MR) is 136 cm³/mol. The molecule has 3 amide bonds. The van der Waals surface area contributed by atoms with E-state index in [1.165, 1.54) is 0 Å². The summed E-state index contributed by atoms with van der Waals surface area (Å²) in [6.07, 6.45) is 5.16. The first-order chi connectivity index (χ1) is 16.9. The molecular formula is C27H25N3O4S. The molecule has 0 spiro atoms. The summed E-state index contributed by atoms with van der Waals surface area (Å²) < 4.78 is 5.95. The highest BCUT2D eigenvalue weighted by atomic mass is 32.2. The first-order valence-electron chi connectivity index (χ1n) is 11.1. The second-order valence-corrected chi connectivity index (χ2v) is 9.08. The zero-order chi connectivity index (χ0) is 24.8. The van der Waals surface area contributed by atoms with Gasteiger partial charge in [-0.1, -0.05) is 36.4 Å². The van der Waals surface area contributed by atoms with Gasteiger partial charge in [0.1, 0.15) is 12.4 Å². The van der Waals surface area contributed by atoms with Crippen molar-refractivity contribution in [1.82, 2.24) is 15.2 Å². The van der Waals surface area contributed by atoms with Gasteiger partial charge in [-0.15, -0.1) is 0 Å². The number of hydrogen-bond donors (Lipinski definition) is 1. The summed E-state index contributed by atoms with van der Waals surface area (Å²) in [4.78, 5) is 43.3. The third-order valence-electron chi connectivity index (χ3n) is 5.42. The number of imide groups is 1. The van der Waals surface area contributed by atoms with Crippen molar-refractivity contribution < 1.29 is 19.1 Å². The zero-order valence-electron chi connectivity index (χ0n) is 19.5. The van der Waals surface area contributed by atoms with E-state index in [1.54, 1.807) is 30.6 Å². The van der Waals surface area contributed by atoms with Gasteiger partial charge >= 0.3 is 0 Å². The molecule has 3 aromatic rings. The number of amides is 3. The Kier molecular flexibility index (Phi) is 7.62. The quantitative estimate of drug-likeness (QED) is 0.462. The highest BCUT2D eigenvalue weighted by molar-refractivity contribution is 8.18. The Balaban J connectivity index is 1.33. The summed E-state index contributed by atoms with van der Waals surface area (Å²) >= 11 is 0.908. The zero-order valence-corrected chi connectivity index (χ0v) is 20.3. The molecule has 0 aliphatic carbocycles. The molecule has 0 saturated carbocycles. The highest BCUT2D eigenvalue weighted by Gasteiger charge is 2.34. The van der Waals surface area contributed by atoms with Gasteiger partial charge in [0.05, 0.1) is 4.91 Å². The smallest absolute Gasteiger partial charge is 0.293 e. The van der Waals surface area contributed by atoms with E-state index < -0.39 is 0 Å². The molecule has 1 aliphatic heterocycles. The molecule has 178 valence electrons. The normalized spacial score (nSPS) is 14.5. The van der Waals surface area contributed by atoms with Crippen molar-refractivity contribution in [2.75, 3.05) is 13.1 Å². The molecule has 35 heavy (non-hydrogen) atoms. The molecule has 0 atom stereocenters. The maximum absolute atomic E-state index is 12.7. The lowest BCUT2D eigenvalue weighted by Gasteiger charge is -2.15. The molecule has 7 nitrogen and oxygen atoms in total. The highest BCUT2D eigenvalue weighted by Crippen LogP contribution is 2.32. The van der Waals surface area contributed by atoms with Gasteiger partial charge in [-0.25, -0.2) is 0 Å². The Labute approximate surface area is 208 Å². The van der Waals surface area contributed by atoms with Gasteiger partial charge < -0.3 is 10.1 Å². The van der Waals surface area contributed by atoms with Crippen LogP contribution in [0.2, 0.25) is 0 Å². The molecule has 1 aliphatic rings. The van der Waals surface area contributed by atoms with Crippen LogP contribution in [0.25, 0.3) is 6.08 Å². The molecule has 1 N–H and O–H groups in total. The number of nitrogens with zero attached hydrogens (tertiary/aromatic N) is 2. The van der Waals surface area contributed by atoms with Crippen molar-refractivity contribution >= 4 is 34.9 Å². The number of hydrogen-bond acceptors (Lipinski definition) is 6. The molecule has 8 heteroatoms. The molecule has 0 radical (unpaired) electrons. The number of benzene rings is 2. The maximum atomic E-state index is 12.7. The first kappa shape index (κ1) is 24.2. The Hall–Kier alpha value is -3.91. The summed E-state index contributed by atoms with van der Waals surface area (Å²) in [5.74, 6) is 0.107. The van der Waals surface area contributed by atoms with Crippen LogP contribution >= 0.6 is 11.8 Å². The molecule has 1 aromatic heterocycles. The Bertz CT molecular complexity index is 1250. The monoisotopic (exact) mass is 487 g/mol. The fourth-order valence-corrected chi connectivity index (χ4v) is 4.59. The topological polar surface area (TPSA) is 88.6 Å². The third-order valence-corrected chi connectivity index (χ3v) is 6.33. The minimum atomic E-state index is -0.347. The number of pyridine rings is 1. The van der Waals surface area contributed by atoms with E-state index in [4.69, 9.17) is 4.74 Å². The summed E-state index contributed by atoms with van der Waals surface area (Å²) in [5, 5.41) is 2.46. The molecule has 2 heterocycles. The number of carbonyl (C=O) groups excluding carboxylic acids is 3. The third kappa shape index (κ3) is 5.96. The van der Waals surface area contributed by atoms with Crippen LogP contribution in [-0.4, -0.2) is 40.0 Å². The van der Waals surface area contributed by atoms with E-state index in [1.807, 2.05) is 56.3 Å². The van der Waals surface area contributed by atoms with Crippen LogP contribution in [0, 0.1) is 13.8 Å². The number of thioether (sulfide) groups is 1. The van der Waals surface area contributed by atoms with E-state index in [0.29, 0.717) is 17.1 Å². The molecule has 0 unspecified atom stereocenters. The average Bonchev–Trinajstić information content (AvgIpc) is 3.12. The number of aryl methyl sites for hydroxylation is 2. The lowest BCUT2D eigenvalue weighted by molar-refractivity contribution is -0.122. The van der Waals surface area contributed by atoms with Gasteiger partial charge in [0, 0.05) is 36.6 Å². The van der Waals surface area contributed by atoms with Crippen molar-refractivity contribution in [3.63, 3.8) is 0 Å². The standard InChI is InChI=1S/C27H25N3O4S/c1-18-13-22(14-19(2)24(18)34-17-21-9-6-10-28-16-21)25(31)29-11-12-30-26(32)23(35-27(30)33)15-20-7-4-3-5-8-20/h3-10,13-16H,11-12,17H2,1-2H3,(H,29,31). The summed E-state index contributed by atoms with van der Waals surface area (Å²) in [5.41, 5.74) is 3.99. The molecular weight excluding hydrogens is 462 g/mol. The molecule has 2 aromatic carbocycles. The van der Waals surface area contributed by atoms with Crippen molar-refractivity contribution in [2.24, 2.45) is 0 Å². The number of carbonyl (C=O) groups is 3. The molecule has 0 bridgehead atoms. The number of nitrogens with one attached hydrogen (secondary N) is 1. The van der Waals surface area contributed by atoms with E-state index in [-0.39, 0.29) is 30.1 Å². The fraction of sp³-hybridized carbons (Fsp3) is 0.185. The van der Waals surface area contributed by atoms with Crippen LogP contribution < -0.4 is 10.1 Å². The van der Waals surface area contributed by atoms with Gasteiger partial charge in [-0.05, 0) is 66.6 Å². The second-order valence-electron chi connectivity index (χ2n) is 8.09. The van der Waals surface area contributed by atoms with Crippen LogP contribution in [0.4, 0.5) is 4.79 Å². The molecule has 1 saturated heterocycles. The Morgan fingerprint density at radius 2 is 1.83 bits per heavy atom. The summed E-state index contributed by atoms with van der Waals surface area (Å²) in [6, 6.07) is 16.7. The number of aromatic nitrogens is 1. The van der Waals surface area contributed by atoms with Crippen molar-refractivity contribution in [3.8, 4) is 5.75 Å². The lowest BCUT2D eigenvalue weighted by Crippen LogP contribution is -2.37. The van der Waals surface area contributed by atoms with Crippen molar-refractivity contribution in [1.29, 1.82) is 0 Å². The van der Waals surface area contributed by atoms with Gasteiger partial charge in [0.2, 0.25) is 0 Å². The Morgan fingerprint density at radius 3 is 2.51 bits per heavy atom. The average molecular weight is 488 g/mol. The molecule has 1 fully saturated rings.